The Morgan fingerprint density at radius 2 is 1.75 bits per heavy atom. The molecule has 1 aromatic heterocycles. The maximum atomic E-state index is 6.34. The first-order valence-corrected chi connectivity index (χ1v) is 5.95. The SMILES string of the molecule is Cc1ccc(C)c2c(Cl)cc(C(C)C)nc12. The molecular weight excluding hydrogens is 218 g/mol. The molecule has 0 fully saturated rings. The largest absolute Gasteiger partial charge is 0.252 e. The van der Waals surface area contributed by atoms with Gasteiger partial charge in [0, 0.05) is 11.1 Å². The van der Waals surface area contributed by atoms with E-state index in [0.29, 0.717) is 5.92 Å². The number of hydrogen-bond acceptors (Lipinski definition) is 1. The van der Waals surface area contributed by atoms with Gasteiger partial charge in [0.25, 0.3) is 0 Å². The van der Waals surface area contributed by atoms with Crippen LogP contribution in [0.4, 0.5) is 0 Å². The lowest BCUT2D eigenvalue weighted by Crippen LogP contribution is -1.96. The van der Waals surface area contributed by atoms with Gasteiger partial charge < -0.3 is 0 Å². The van der Waals surface area contributed by atoms with Crippen molar-refractivity contribution in [2.75, 3.05) is 0 Å². The number of benzene rings is 1. The summed E-state index contributed by atoms with van der Waals surface area (Å²) in [4.78, 5) is 4.71. The molecule has 0 aliphatic rings. The van der Waals surface area contributed by atoms with E-state index in [-0.39, 0.29) is 0 Å². The maximum absolute atomic E-state index is 6.34. The molecule has 1 aromatic carbocycles. The molecule has 16 heavy (non-hydrogen) atoms. The molecule has 2 aromatic rings. The van der Waals surface area contributed by atoms with Gasteiger partial charge in [0.15, 0.2) is 0 Å². The lowest BCUT2D eigenvalue weighted by molar-refractivity contribution is 0.829. The van der Waals surface area contributed by atoms with Crippen LogP contribution in [0.25, 0.3) is 10.9 Å². The first-order chi connectivity index (χ1) is 7.50. The van der Waals surface area contributed by atoms with Crippen LogP contribution in [-0.2, 0) is 0 Å². The van der Waals surface area contributed by atoms with Crippen molar-refractivity contribution in [3.8, 4) is 0 Å². The number of rotatable bonds is 1. The number of hydrogen-bond donors (Lipinski definition) is 0. The summed E-state index contributed by atoms with van der Waals surface area (Å²) in [5.41, 5.74) is 4.47. The van der Waals surface area contributed by atoms with Crippen molar-refractivity contribution < 1.29 is 0 Å². The fraction of sp³-hybridized carbons (Fsp3) is 0.357. The normalized spacial score (nSPS) is 11.4. The summed E-state index contributed by atoms with van der Waals surface area (Å²) in [5.74, 6) is 0.404. The van der Waals surface area contributed by atoms with Gasteiger partial charge in [0.1, 0.15) is 0 Å². The van der Waals surface area contributed by atoms with Crippen LogP contribution in [0, 0.1) is 13.8 Å². The second-order valence-corrected chi connectivity index (χ2v) is 5.01. The Kier molecular flexibility index (Phi) is 2.90. The van der Waals surface area contributed by atoms with Crippen LogP contribution in [0.1, 0.15) is 36.6 Å². The lowest BCUT2D eigenvalue weighted by atomic mass is 10.0. The van der Waals surface area contributed by atoms with Crippen molar-refractivity contribution in [2.45, 2.75) is 33.6 Å². The van der Waals surface area contributed by atoms with Gasteiger partial charge in [0.05, 0.1) is 10.5 Å². The van der Waals surface area contributed by atoms with Crippen molar-refractivity contribution >= 4 is 22.5 Å². The predicted molar refractivity (Wildman–Crippen MR) is 70.3 cm³/mol. The fourth-order valence-corrected chi connectivity index (χ4v) is 2.25. The second kappa shape index (κ2) is 4.06. The Balaban J connectivity index is 2.86. The zero-order valence-corrected chi connectivity index (χ0v) is 10.9. The third-order valence-electron chi connectivity index (χ3n) is 2.93. The molecule has 0 amide bonds. The summed E-state index contributed by atoms with van der Waals surface area (Å²) in [7, 11) is 0. The summed E-state index contributed by atoms with van der Waals surface area (Å²) in [6.07, 6.45) is 0. The average molecular weight is 234 g/mol. The van der Waals surface area contributed by atoms with Gasteiger partial charge in [-0.2, -0.15) is 0 Å². The van der Waals surface area contributed by atoms with Crippen LogP contribution >= 0.6 is 11.6 Å². The summed E-state index contributed by atoms with van der Waals surface area (Å²) < 4.78 is 0. The maximum Gasteiger partial charge on any atom is 0.0752 e. The quantitative estimate of drug-likeness (QED) is 0.700. The smallest absolute Gasteiger partial charge is 0.0752 e. The van der Waals surface area contributed by atoms with Crippen LogP contribution < -0.4 is 0 Å². The minimum Gasteiger partial charge on any atom is -0.252 e. The lowest BCUT2D eigenvalue weighted by Gasteiger charge is -2.11. The van der Waals surface area contributed by atoms with Gasteiger partial charge in [-0.25, -0.2) is 0 Å². The van der Waals surface area contributed by atoms with Gasteiger partial charge in [-0.15, -0.1) is 0 Å². The van der Waals surface area contributed by atoms with E-state index in [0.717, 1.165) is 21.6 Å². The third kappa shape index (κ3) is 1.80. The topological polar surface area (TPSA) is 12.9 Å². The van der Waals surface area contributed by atoms with E-state index in [4.69, 9.17) is 16.6 Å². The number of aromatic nitrogens is 1. The van der Waals surface area contributed by atoms with Crippen molar-refractivity contribution in [1.82, 2.24) is 4.98 Å². The molecular formula is C14H16ClN. The molecule has 0 N–H and O–H groups in total. The van der Waals surface area contributed by atoms with Gasteiger partial charge in [-0.1, -0.05) is 37.6 Å². The zero-order chi connectivity index (χ0) is 11.9. The van der Waals surface area contributed by atoms with E-state index < -0.39 is 0 Å². The van der Waals surface area contributed by atoms with Crippen LogP contribution in [-0.4, -0.2) is 4.98 Å². The summed E-state index contributed by atoms with van der Waals surface area (Å²) >= 11 is 6.34. The molecule has 0 spiro atoms. The average Bonchev–Trinajstić information content (AvgIpc) is 2.22. The van der Waals surface area contributed by atoms with Gasteiger partial charge >= 0.3 is 0 Å². The molecule has 0 unspecified atom stereocenters. The molecule has 1 nitrogen and oxygen atoms in total. The number of aryl methyl sites for hydroxylation is 2. The Bertz CT molecular complexity index is 544. The van der Waals surface area contributed by atoms with Crippen LogP contribution in [0.3, 0.4) is 0 Å². The Morgan fingerprint density at radius 3 is 2.38 bits per heavy atom. The molecule has 0 bridgehead atoms. The van der Waals surface area contributed by atoms with E-state index in [9.17, 15) is 0 Å². The summed E-state index contributed by atoms with van der Waals surface area (Å²) in [5, 5.41) is 1.90. The first kappa shape index (κ1) is 11.4. The fourth-order valence-electron chi connectivity index (χ4n) is 1.90. The van der Waals surface area contributed by atoms with E-state index in [1.165, 1.54) is 11.1 Å². The molecule has 2 rings (SSSR count). The molecule has 0 atom stereocenters. The highest BCUT2D eigenvalue weighted by Crippen LogP contribution is 2.30. The Morgan fingerprint density at radius 1 is 1.12 bits per heavy atom. The summed E-state index contributed by atoms with van der Waals surface area (Å²) in [6.45, 7) is 8.42. The second-order valence-electron chi connectivity index (χ2n) is 4.61. The highest BCUT2D eigenvalue weighted by molar-refractivity contribution is 6.35. The van der Waals surface area contributed by atoms with Gasteiger partial charge in [-0.3, -0.25) is 4.98 Å². The summed E-state index contributed by atoms with van der Waals surface area (Å²) in [6, 6.07) is 6.19. The van der Waals surface area contributed by atoms with Crippen LogP contribution in [0.2, 0.25) is 5.02 Å². The van der Waals surface area contributed by atoms with Crippen molar-refractivity contribution in [3.05, 3.63) is 40.0 Å². The Hall–Kier alpha value is -1.08. The van der Waals surface area contributed by atoms with E-state index in [2.05, 4.69) is 39.8 Å². The highest BCUT2D eigenvalue weighted by atomic mass is 35.5. The minimum atomic E-state index is 0.404. The van der Waals surface area contributed by atoms with Crippen molar-refractivity contribution in [3.63, 3.8) is 0 Å². The van der Waals surface area contributed by atoms with E-state index >= 15 is 0 Å². The monoisotopic (exact) mass is 233 g/mol. The van der Waals surface area contributed by atoms with E-state index in [1.807, 2.05) is 6.07 Å². The molecule has 0 aliphatic heterocycles. The van der Waals surface area contributed by atoms with Gasteiger partial charge in [-0.05, 0) is 37.0 Å². The highest BCUT2D eigenvalue weighted by Gasteiger charge is 2.10. The molecule has 2 heteroatoms. The minimum absolute atomic E-state index is 0.404. The number of halogens is 1. The van der Waals surface area contributed by atoms with Crippen LogP contribution in [0.5, 0.6) is 0 Å². The van der Waals surface area contributed by atoms with Crippen molar-refractivity contribution in [2.24, 2.45) is 0 Å². The zero-order valence-electron chi connectivity index (χ0n) is 10.1. The predicted octanol–water partition coefficient (Wildman–Crippen LogP) is 4.63. The molecule has 0 saturated heterocycles. The first-order valence-electron chi connectivity index (χ1n) is 5.57. The number of pyridine rings is 1. The molecule has 0 saturated carbocycles. The molecule has 0 radical (unpaired) electrons. The van der Waals surface area contributed by atoms with Crippen LogP contribution in [0.15, 0.2) is 18.2 Å². The molecule has 1 heterocycles. The van der Waals surface area contributed by atoms with E-state index in [1.54, 1.807) is 0 Å². The van der Waals surface area contributed by atoms with Crippen molar-refractivity contribution in [1.29, 1.82) is 0 Å². The van der Waals surface area contributed by atoms with Gasteiger partial charge in [0.2, 0.25) is 0 Å². The number of nitrogens with zero attached hydrogens (tertiary/aromatic N) is 1. The molecule has 0 aliphatic carbocycles. The number of fused-ring (bicyclic) bond motifs is 1. The molecule has 84 valence electrons. The standard InChI is InChI=1S/C14H16ClN/c1-8(2)12-7-11(15)13-9(3)5-6-10(4)14(13)16-12/h5-8H,1-4H3. The Labute approximate surface area is 101 Å². The third-order valence-corrected chi connectivity index (χ3v) is 3.23.